The summed E-state index contributed by atoms with van der Waals surface area (Å²) in [5, 5.41) is 0. The number of carbonyl (C=O) groups excluding carboxylic acids is 1. The third-order valence-corrected chi connectivity index (χ3v) is 4.48. The van der Waals surface area contributed by atoms with E-state index in [-0.39, 0.29) is 5.41 Å². The summed E-state index contributed by atoms with van der Waals surface area (Å²) < 4.78 is 0. The second-order valence-electron chi connectivity index (χ2n) is 7.24. The van der Waals surface area contributed by atoms with E-state index in [4.69, 9.17) is 0 Å². The van der Waals surface area contributed by atoms with E-state index < -0.39 is 0 Å². The maximum atomic E-state index is 11.8. The molecule has 0 spiro atoms. The fourth-order valence-corrected chi connectivity index (χ4v) is 2.95. The van der Waals surface area contributed by atoms with Crippen molar-refractivity contribution in [2.75, 3.05) is 6.54 Å². The molecule has 0 saturated carbocycles. The Morgan fingerprint density at radius 3 is 2.29 bits per heavy atom. The van der Waals surface area contributed by atoms with Crippen LogP contribution in [0.1, 0.15) is 77.0 Å². The summed E-state index contributed by atoms with van der Waals surface area (Å²) >= 11 is 0. The van der Waals surface area contributed by atoms with Gasteiger partial charge in [0.1, 0.15) is 0 Å². The number of hydrogen-bond acceptors (Lipinski definition) is 1. The summed E-state index contributed by atoms with van der Waals surface area (Å²) in [4.78, 5) is 13.9. The molecule has 1 heterocycles. The highest BCUT2D eigenvalue weighted by Gasteiger charge is 2.36. The zero-order chi connectivity index (χ0) is 15.5. The molecule has 0 aliphatic carbocycles. The van der Waals surface area contributed by atoms with E-state index in [0.29, 0.717) is 18.4 Å². The van der Waals surface area contributed by atoms with E-state index in [1.54, 1.807) is 0 Å². The molecular weight excluding hydrogens is 258 g/mol. The SMILES string of the molecule is CCCCCCN1C(=O)C[C@@H]1c1ccc(C(C)(C)C)cc1. The lowest BCUT2D eigenvalue weighted by atomic mass is 9.85. The quantitative estimate of drug-likeness (QED) is 0.541. The van der Waals surface area contributed by atoms with Crippen LogP contribution >= 0.6 is 0 Å². The van der Waals surface area contributed by atoms with E-state index in [0.717, 1.165) is 13.0 Å². The highest BCUT2D eigenvalue weighted by molar-refractivity contribution is 5.83. The van der Waals surface area contributed by atoms with E-state index in [2.05, 4.69) is 56.9 Å². The fraction of sp³-hybridized carbons (Fsp3) is 0.632. The van der Waals surface area contributed by atoms with Gasteiger partial charge in [-0.25, -0.2) is 0 Å². The van der Waals surface area contributed by atoms with E-state index in [1.807, 2.05) is 0 Å². The third-order valence-electron chi connectivity index (χ3n) is 4.48. The van der Waals surface area contributed by atoms with Gasteiger partial charge in [-0.15, -0.1) is 0 Å². The van der Waals surface area contributed by atoms with Gasteiger partial charge in [0.25, 0.3) is 0 Å². The molecule has 0 unspecified atom stereocenters. The smallest absolute Gasteiger partial charge is 0.225 e. The molecule has 116 valence electrons. The number of likely N-dealkylation sites (tertiary alicyclic amines) is 1. The Kier molecular flexibility index (Phi) is 5.08. The minimum Gasteiger partial charge on any atom is -0.335 e. The van der Waals surface area contributed by atoms with E-state index >= 15 is 0 Å². The molecule has 1 fully saturated rings. The van der Waals surface area contributed by atoms with Crippen LogP contribution in [0.3, 0.4) is 0 Å². The summed E-state index contributed by atoms with van der Waals surface area (Å²) in [6, 6.07) is 9.15. The first-order valence-electron chi connectivity index (χ1n) is 8.33. The zero-order valence-corrected chi connectivity index (χ0v) is 14.0. The predicted molar refractivity (Wildman–Crippen MR) is 88.4 cm³/mol. The van der Waals surface area contributed by atoms with Crippen molar-refractivity contribution in [3.63, 3.8) is 0 Å². The fourth-order valence-electron chi connectivity index (χ4n) is 2.95. The van der Waals surface area contributed by atoms with Crippen molar-refractivity contribution >= 4 is 5.91 Å². The van der Waals surface area contributed by atoms with Gasteiger partial charge < -0.3 is 4.90 Å². The molecule has 2 heteroatoms. The standard InChI is InChI=1S/C19H29NO/c1-5-6-7-8-13-20-17(14-18(20)21)15-9-11-16(12-10-15)19(2,3)4/h9-12,17H,5-8,13-14H2,1-4H3/t17-/m1/s1. The zero-order valence-electron chi connectivity index (χ0n) is 14.0. The van der Waals surface area contributed by atoms with Gasteiger partial charge in [-0.1, -0.05) is 71.2 Å². The molecule has 1 saturated heterocycles. The van der Waals surface area contributed by atoms with Crippen molar-refractivity contribution in [2.24, 2.45) is 0 Å². The van der Waals surface area contributed by atoms with Crippen LogP contribution in [0.2, 0.25) is 0 Å². The Morgan fingerprint density at radius 2 is 1.76 bits per heavy atom. The lowest BCUT2D eigenvalue weighted by Gasteiger charge is -2.41. The first kappa shape index (κ1) is 16.1. The molecule has 1 aliphatic rings. The highest BCUT2D eigenvalue weighted by atomic mass is 16.2. The summed E-state index contributed by atoms with van der Waals surface area (Å²) in [7, 11) is 0. The summed E-state index contributed by atoms with van der Waals surface area (Å²) in [6.45, 7) is 9.83. The van der Waals surface area contributed by atoms with Gasteiger partial charge >= 0.3 is 0 Å². The maximum Gasteiger partial charge on any atom is 0.225 e. The molecule has 0 N–H and O–H groups in total. The van der Waals surface area contributed by atoms with Crippen molar-refractivity contribution in [1.82, 2.24) is 4.90 Å². The maximum absolute atomic E-state index is 11.8. The molecule has 1 amide bonds. The van der Waals surface area contributed by atoms with Crippen LogP contribution in [0.5, 0.6) is 0 Å². The van der Waals surface area contributed by atoms with Gasteiger partial charge in [-0.3, -0.25) is 4.79 Å². The van der Waals surface area contributed by atoms with Crippen molar-refractivity contribution in [3.8, 4) is 0 Å². The summed E-state index contributed by atoms with van der Waals surface area (Å²) in [6.07, 6.45) is 5.56. The van der Waals surface area contributed by atoms with Crippen LogP contribution in [-0.4, -0.2) is 17.4 Å². The molecule has 0 aromatic heterocycles. The largest absolute Gasteiger partial charge is 0.335 e. The number of hydrogen-bond donors (Lipinski definition) is 0. The van der Waals surface area contributed by atoms with Gasteiger partial charge in [0.2, 0.25) is 5.91 Å². The van der Waals surface area contributed by atoms with E-state index in [1.165, 1.54) is 30.4 Å². The van der Waals surface area contributed by atoms with E-state index in [9.17, 15) is 4.79 Å². The molecule has 0 bridgehead atoms. The number of rotatable bonds is 6. The molecule has 1 aromatic rings. The average Bonchev–Trinajstić information content (AvgIpc) is 2.43. The first-order valence-corrected chi connectivity index (χ1v) is 8.33. The molecule has 21 heavy (non-hydrogen) atoms. The van der Waals surface area contributed by atoms with Gasteiger partial charge in [-0.2, -0.15) is 0 Å². The van der Waals surface area contributed by atoms with Gasteiger partial charge in [0, 0.05) is 6.54 Å². The number of benzene rings is 1. The molecule has 1 aromatic carbocycles. The first-order chi connectivity index (χ1) is 9.93. The number of unbranched alkanes of at least 4 members (excludes halogenated alkanes) is 3. The predicted octanol–water partition coefficient (Wildman–Crippen LogP) is 4.84. The number of β-lactam (4-membered cyclic amide) rings is 1. The minimum absolute atomic E-state index is 0.188. The van der Waals surface area contributed by atoms with Crippen LogP contribution in [0.25, 0.3) is 0 Å². The van der Waals surface area contributed by atoms with Gasteiger partial charge in [-0.05, 0) is 23.0 Å². The number of amides is 1. The highest BCUT2D eigenvalue weighted by Crippen LogP contribution is 2.35. The Hall–Kier alpha value is -1.31. The lowest BCUT2D eigenvalue weighted by molar-refractivity contribution is -0.146. The summed E-state index contributed by atoms with van der Waals surface area (Å²) in [5.74, 6) is 0.316. The van der Waals surface area contributed by atoms with Crippen LogP contribution in [0, 0.1) is 0 Å². The molecule has 2 nitrogen and oxygen atoms in total. The van der Waals surface area contributed by atoms with Crippen molar-refractivity contribution in [3.05, 3.63) is 35.4 Å². The summed E-state index contributed by atoms with van der Waals surface area (Å²) in [5.41, 5.74) is 2.83. The monoisotopic (exact) mass is 287 g/mol. The van der Waals surface area contributed by atoms with Crippen molar-refractivity contribution < 1.29 is 4.79 Å². The Bertz CT molecular complexity index is 469. The molecule has 1 atom stereocenters. The molecule has 2 rings (SSSR count). The average molecular weight is 287 g/mol. The molecule has 1 aliphatic heterocycles. The van der Waals surface area contributed by atoms with Crippen LogP contribution in [0.15, 0.2) is 24.3 Å². The van der Waals surface area contributed by atoms with Crippen LogP contribution in [0.4, 0.5) is 0 Å². The second-order valence-corrected chi connectivity index (χ2v) is 7.24. The lowest BCUT2D eigenvalue weighted by Crippen LogP contribution is -2.46. The van der Waals surface area contributed by atoms with Crippen LogP contribution in [-0.2, 0) is 10.2 Å². The normalized spacial score (nSPS) is 18.8. The van der Waals surface area contributed by atoms with Gasteiger partial charge in [0.15, 0.2) is 0 Å². The molecule has 0 radical (unpaired) electrons. The van der Waals surface area contributed by atoms with Crippen molar-refractivity contribution in [1.29, 1.82) is 0 Å². The third kappa shape index (κ3) is 3.87. The minimum atomic E-state index is 0.188. The topological polar surface area (TPSA) is 20.3 Å². The molecular formula is C19H29NO. The Morgan fingerprint density at radius 1 is 1.10 bits per heavy atom. The Balaban J connectivity index is 1.96. The Labute approximate surface area is 129 Å². The number of carbonyl (C=O) groups is 1. The number of nitrogens with zero attached hydrogens (tertiary/aromatic N) is 1. The van der Waals surface area contributed by atoms with Crippen LogP contribution < -0.4 is 0 Å². The second kappa shape index (κ2) is 6.64. The van der Waals surface area contributed by atoms with Crippen molar-refractivity contribution in [2.45, 2.75) is 71.3 Å². The van der Waals surface area contributed by atoms with Gasteiger partial charge in [0.05, 0.1) is 12.5 Å².